The maximum Gasteiger partial charge on any atom is 0.265 e. The highest BCUT2D eigenvalue weighted by Gasteiger charge is 2.25. The lowest BCUT2D eigenvalue weighted by molar-refractivity contribution is 0.0676. The molecule has 0 N–H and O–H groups in total. The number of thiazole rings is 1. The molecule has 1 unspecified atom stereocenters. The van der Waals surface area contributed by atoms with E-state index in [0.29, 0.717) is 11.8 Å². The van der Waals surface area contributed by atoms with Gasteiger partial charge in [-0.1, -0.05) is 0 Å². The van der Waals surface area contributed by atoms with E-state index >= 15 is 0 Å². The van der Waals surface area contributed by atoms with E-state index in [1.807, 2.05) is 11.8 Å². The largest absolute Gasteiger partial charge is 0.338 e. The third kappa shape index (κ3) is 3.19. The predicted octanol–water partition coefficient (Wildman–Crippen LogP) is 2.93. The fraction of sp³-hybridized carbons (Fsp3) is 0.667. The van der Waals surface area contributed by atoms with E-state index in [9.17, 15) is 4.79 Å². The highest BCUT2D eigenvalue weighted by Crippen LogP contribution is 2.23. The number of hydrogen-bond acceptors (Lipinski definition) is 3. The van der Waals surface area contributed by atoms with Gasteiger partial charge in [0.1, 0.15) is 4.88 Å². The van der Waals surface area contributed by atoms with Crippen molar-refractivity contribution in [2.24, 2.45) is 5.92 Å². The van der Waals surface area contributed by atoms with Gasteiger partial charge in [-0.25, -0.2) is 4.98 Å². The summed E-state index contributed by atoms with van der Waals surface area (Å²) in [6, 6.07) is 0. The van der Waals surface area contributed by atoms with Gasteiger partial charge in [-0.3, -0.25) is 4.79 Å². The zero-order valence-corrected chi connectivity index (χ0v) is 11.6. The number of piperidine rings is 1. The summed E-state index contributed by atoms with van der Waals surface area (Å²) in [6.45, 7) is 3.64. The van der Waals surface area contributed by atoms with Crippen LogP contribution in [0.1, 0.15) is 33.9 Å². The van der Waals surface area contributed by atoms with Crippen LogP contribution >= 0.6 is 22.9 Å². The minimum absolute atomic E-state index is 0.134. The van der Waals surface area contributed by atoms with Crippen LogP contribution in [0.2, 0.25) is 0 Å². The third-order valence-corrected chi connectivity index (χ3v) is 4.27. The molecule has 0 bridgehead atoms. The predicted molar refractivity (Wildman–Crippen MR) is 70.8 cm³/mol. The molecule has 0 aliphatic carbocycles. The number of halogens is 1. The summed E-state index contributed by atoms with van der Waals surface area (Å²) < 4.78 is 0. The van der Waals surface area contributed by atoms with Crippen molar-refractivity contribution in [1.82, 2.24) is 9.88 Å². The van der Waals surface area contributed by atoms with Crippen molar-refractivity contribution in [3.63, 3.8) is 0 Å². The second-order valence-corrected chi connectivity index (χ2v) is 6.09. The molecule has 2 rings (SSSR count). The fourth-order valence-corrected chi connectivity index (χ4v) is 3.31. The molecule has 17 heavy (non-hydrogen) atoms. The van der Waals surface area contributed by atoms with Gasteiger partial charge in [0.25, 0.3) is 5.91 Å². The van der Waals surface area contributed by atoms with Crippen LogP contribution in [0.5, 0.6) is 0 Å². The van der Waals surface area contributed by atoms with Gasteiger partial charge >= 0.3 is 0 Å². The van der Waals surface area contributed by atoms with E-state index in [2.05, 4.69) is 4.98 Å². The Morgan fingerprint density at radius 3 is 3.18 bits per heavy atom. The lowest BCUT2D eigenvalue weighted by atomic mass is 9.95. The molecule has 2 heterocycles. The SMILES string of the molecule is Cc1ncc(C(=O)N2CCCC(CCCl)C2)s1. The second kappa shape index (κ2) is 5.83. The standard InChI is InChI=1S/C12H17ClN2OS/c1-9-14-7-11(17-9)12(16)15-6-2-3-10(8-15)4-5-13/h7,10H,2-6,8H2,1H3. The van der Waals surface area contributed by atoms with Gasteiger partial charge in [0.15, 0.2) is 0 Å². The molecule has 1 atom stereocenters. The fourth-order valence-electron chi connectivity index (χ4n) is 2.26. The quantitative estimate of drug-likeness (QED) is 0.793. The Labute approximate surface area is 111 Å². The molecule has 1 saturated heterocycles. The van der Waals surface area contributed by atoms with Crippen LogP contribution in [0.4, 0.5) is 0 Å². The summed E-state index contributed by atoms with van der Waals surface area (Å²) in [4.78, 5) is 19.1. The maximum atomic E-state index is 12.2. The molecular weight excluding hydrogens is 256 g/mol. The van der Waals surface area contributed by atoms with Gasteiger partial charge in [0.2, 0.25) is 0 Å². The van der Waals surface area contributed by atoms with Crippen LogP contribution in [0.15, 0.2) is 6.20 Å². The number of carbonyl (C=O) groups is 1. The van der Waals surface area contributed by atoms with Crippen molar-refractivity contribution >= 4 is 28.8 Å². The van der Waals surface area contributed by atoms with E-state index < -0.39 is 0 Å². The van der Waals surface area contributed by atoms with Crippen molar-refractivity contribution in [1.29, 1.82) is 0 Å². The van der Waals surface area contributed by atoms with E-state index in [1.165, 1.54) is 17.8 Å². The average molecular weight is 273 g/mol. The number of alkyl halides is 1. The normalized spacial score (nSPS) is 20.6. The molecule has 3 nitrogen and oxygen atoms in total. The number of hydrogen-bond donors (Lipinski definition) is 0. The zero-order valence-electron chi connectivity index (χ0n) is 9.99. The lowest BCUT2D eigenvalue weighted by Crippen LogP contribution is -2.39. The van der Waals surface area contributed by atoms with Crippen molar-refractivity contribution < 1.29 is 4.79 Å². The van der Waals surface area contributed by atoms with E-state index in [-0.39, 0.29) is 5.91 Å². The molecule has 0 aromatic carbocycles. The lowest BCUT2D eigenvalue weighted by Gasteiger charge is -2.32. The van der Waals surface area contributed by atoms with E-state index in [4.69, 9.17) is 11.6 Å². The summed E-state index contributed by atoms with van der Waals surface area (Å²) in [7, 11) is 0. The Bertz CT molecular complexity index is 392. The molecule has 0 radical (unpaired) electrons. The number of aryl methyl sites for hydroxylation is 1. The Morgan fingerprint density at radius 1 is 1.71 bits per heavy atom. The summed E-state index contributed by atoms with van der Waals surface area (Å²) in [6.07, 6.45) is 4.98. The minimum atomic E-state index is 0.134. The number of nitrogens with zero attached hydrogens (tertiary/aromatic N) is 2. The van der Waals surface area contributed by atoms with Crippen molar-refractivity contribution in [2.45, 2.75) is 26.2 Å². The smallest absolute Gasteiger partial charge is 0.265 e. The highest BCUT2D eigenvalue weighted by atomic mass is 35.5. The monoisotopic (exact) mass is 272 g/mol. The van der Waals surface area contributed by atoms with Gasteiger partial charge < -0.3 is 4.90 Å². The maximum absolute atomic E-state index is 12.2. The zero-order chi connectivity index (χ0) is 12.3. The molecule has 0 saturated carbocycles. The molecule has 5 heteroatoms. The van der Waals surface area contributed by atoms with Gasteiger partial charge in [0.05, 0.1) is 11.2 Å². The Kier molecular flexibility index (Phi) is 4.40. The molecule has 1 aromatic heterocycles. The molecule has 1 amide bonds. The van der Waals surface area contributed by atoms with Gasteiger partial charge in [0, 0.05) is 19.0 Å². The van der Waals surface area contributed by atoms with Crippen LogP contribution in [0, 0.1) is 12.8 Å². The average Bonchev–Trinajstić information content (AvgIpc) is 2.76. The van der Waals surface area contributed by atoms with Crippen LogP contribution in [-0.2, 0) is 0 Å². The van der Waals surface area contributed by atoms with Crippen LogP contribution in [-0.4, -0.2) is 34.8 Å². The summed E-state index contributed by atoms with van der Waals surface area (Å²) in [5, 5.41) is 0.947. The Morgan fingerprint density at radius 2 is 2.53 bits per heavy atom. The first-order valence-corrected chi connectivity index (χ1v) is 7.33. The van der Waals surface area contributed by atoms with E-state index in [1.54, 1.807) is 6.20 Å². The van der Waals surface area contributed by atoms with Gasteiger partial charge in [-0.2, -0.15) is 0 Å². The molecular formula is C12H17ClN2OS. The van der Waals surface area contributed by atoms with Crippen LogP contribution < -0.4 is 0 Å². The van der Waals surface area contributed by atoms with Crippen molar-refractivity contribution in [2.75, 3.05) is 19.0 Å². The molecule has 1 aromatic rings. The summed E-state index contributed by atoms with van der Waals surface area (Å²) in [5.41, 5.74) is 0. The van der Waals surface area contributed by atoms with Gasteiger partial charge in [-0.15, -0.1) is 22.9 Å². The topological polar surface area (TPSA) is 33.2 Å². The summed E-state index contributed by atoms with van der Waals surface area (Å²) in [5.74, 6) is 1.39. The molecule has 94 valence electrons. The minimum Gasteiger partial charge on any atom is -0.338 e. The number of likely N-dealkylation sites (tertiary alicyclic amines) is 1. The molecule has 1 aliphatic rings. The Hall–Kier alpha value is -0.610. The van der Waals surface area contributed by atoms with Crippen molar-refractivity contribution in [3.8, 4) is 0 Å². The second-order valence-electron chi connectivity index (χ2n) is 4.48. The number of amides is 1. The van der Waals surface area contributed by atoms with Gasteiger partial charge in [-0.05, 0) is 32.1 Å². The molecule has 1 fully saturated rings. The third-order valence-electron chi connectivity index (χ3n) is 3.16. The highest BCUT2D eigenvalue weighted by molar-refractivity contribution is 7.13. The van der Waals surface area contributed by atoms with Crippen molar-refractivity contribution in [3.05, 3.63) is 16.1 Å². The molecule has 1 aliphatic heterocycles. The van der Waals surface area contributed by atoms with Crippen LogP contribution in [0.3, 0.4) is 0 Å². The number of aromatic nitrogens is 1. The number of carbonyl (C=O) groups excluding carboxylic acids is 1. The first kappa shape index (κ1) is 12.8. The summed E-state index contributed by atoms with van der Waals surface area (Å²) >= 11 is 7.25. The van der Waals surface area contributed by atoms with Crippen LogP contribution in [0.25, 0.3) is 0 Å². The van der Waals surface area contributed by atoms with E-state index in [0.717, 1.165) is 35.8 Å². The molecule has 0 spiro atoms. The first-order chi connectivity index (χ1) is 8.20. The Balaban J connectivity index is 1.99. The number of rotatable bonds is 3. The first-order valence-electron chi connectivity index (χ1n) is 5.98.